The van der Waals surface area contributed by atoms with Crippen LogP contribution in [-0.2, 0) is 46.2 Å². The molecule has 12 heteroatoms. The molecule has 3 rings (SSSR count). The molecule has 0 radical (unpaired) electrons. The SMILES string of the molecule is C=CC(=O)OCOc1ccc(CCC(=O)Oc2ccc(OC(=O)CCc3ccc(OCOC(=O)C=C)cc3)c(C(=O)OCCCCC)c2)cc1. The topological polar surface area (TPSA) is 150 Å². The Hall–Kier alpha value is -5.91. The monoisotopic (exact) mass is 688 g/mol. The van der Waals surface area contributed by atoms with E-state index in [-0.39, 0.29) is 50.1 Å². The van der Waals surface area contributed by atoms with Crippen LogP contribution >= 0.6 is 0 Å². The summed E-state index contributed by atoms with van der Waals surface area (Å²) in [5, 5.41) is 0. The van der Waals surface area contributed by atoms with Crippen LogP contribution in [0.4, 0.5) is 0 Å². The van der Waals surface area contributed by atoms with Crippen molar-refractivity contribution in [3.63, 3.8) is 0 Å². The van der Waals surface area contributed by atoms with E-state index < -0.39 is 29.8 Å². The molecule has 3 aromatic carbocycles. The molecule has 12 nitrogen and oxygen atoms in total. The first-order valence-corrected chi connectivity index (χ1v) is 15.9. The molecule has 0 atom stereocenters. The first-order chi connectivity index (χ1) is 24.2. The highest BCUT2D eigenvalue weighted by molar-refractivity contribution is 5.94. The Morgan fingerprint density at radius 2 is 1.12 bits per heavy atom. The molecule has 264 valence electrons. The van der Waals surface area contributed by atoms with Crippen molar-refractivity contribution >= 4 is 29.8 Å². The third-order valence-corrected chi connectivity index (χ3v) is 6.88. The Kier molecular flexibility index (Phi) is 16.3. The van der Waals surface area contributed by atoms with Crippen molar-refractivity contribution in [2.75, 3.05) is 20.2 Å². The molecule has 0 saturated carbocycles. The van der Waals surface area contributed by atoms with Crippen LogP contribution in [0.15, 0.2) is 92.0 Å². The van der Waals surface area contributed by atoms with E-state index in [4.69, 9.17) is 33.2 Å². The summed E-state index contributed by atoms with van der Waals surface area (Å²) in [6, 6.07) is 17.9. The van der Waals surface area contributed by atoms with Crippen LogP contribution in [0, 0.1) is 0 Å². The molecule has 3 aromatic rings. The van der Waals surface area contributed by atoms with Gasteiger partial charge in [-0.3, -0.25) is 9.59 Å². The minimum absolute atomic E-state index is 0.00868. The lowest BCUT2D eigenvalue weighted by Crippen LogP contribution is -2.15. The van der Waals surface area contributed by atoms with Gasteiger partial charge in [-0.25, -0.2) is 14.4 Å². The van der Waals surface area contributed by atoms with Crippen molar-refractivity contribution in [3.8, 4) is 23.0 Å². The number of ether oxygens (including phenoxy) is 7. The van der Waals surface area contributed by atoms with E-state index in [1.165, 1.54) is 18.2 Å². The molecular weight excluding hydrogens is 648 g/mol. The number of rotatable bonds is 21. The van der Waals surface area contributed by atoms with Crippen molar-refractivity contribution in [2.24, 2.45) is 0 Å². The highest BCUT2D eigenvalue weighted by atomic mass is 16.7. The molecule has 0 spiro atoms. The average Bonchev–Trinajstić information content (AvgIpc) is 3.13. The zero-order valence-corrected chi connectivity index (χ0v) is 27.9. The first-order valence-electron chi connectivity index (χ1n) is 15.9. The van der Waals surface area contributed by atoms with Gasteiger partial charge in [-0.05, 0) is 72.9 Å². The molecule has 0 unspecified atom stereocenters. The van der Waals surface area contributed by atoms with Crippen LogP contribution < -0.4 is 18.9 Å². The highest BCUT2D eigenvalue weighted by Gasteiger charge is 2.20. The molecule has 50 heavy (non-hydrogen) atoms. The normalized spacial score (nSPS) is 10.3. The number of hydrogen-bond acceptors (Lipinski definition) is 12. The van der Waals surface area contributed by atoms with E-state index in [0.717, 1.165) is 36.1 Å². The number of esters is 5. The summed E-state index contributed by atoms with van der Waals surface area (Å²) in [5.41, 5.74) is 1.62. The molecule has 0 fully saturated rings. The highest BCUT2D eigenvalue weighted by Crippen LogP contribution is 2.27. The zero-order chi connectivity index (χ0) is 36.1. The summed E-state index contributed by atoms with van der Waals surface area (Å²) in [6.07, 6.45) is 5.33. The van der Waals surface area contributed by atoms with Crippen LogP contribution in [0.3, 0.4) is 0 Å². The molecule has 0 aromatic heterocycles. The van der Waals surface area contributed by atoms with Crippen molar-refractivity contribution in [1.29, 1.82) is 0 Å². The van der Waals surface area contributed by atoms with Gasteiger partial charge in [0.1, 0.15) is 28.6 Å². The minimum Gasteiger partial charge on any atom is -0.462 e. The van der Waals surface area contributed by atoms with Crippen molar-refractivity contribution in [1.82, 2.24) is 0 Å². The fourth-order valence-electron chi connectivity index (χ4n) is 4.20. The number of benzene rings is 3. The van der Waals surface area contributed by atoms with E-state index in [0.29, 0.717) is 30.8 Å². The lowest BCUT2D eigenvalue weighted by atomic mass is 10.1. The molecule has 0 amide bonds. The first kappa shape index (κ1) is 38.5. The third kappa shape index (κ3) is 14.1. The molecule has 0 heterocycles. The summed E-state index contributed by atoms with van der Waals surface area (Å²) in [5.74, 6) is -2.00. The van der Waals surface area contributed by atoms with Crippen LogP contribution in [-0.4, -0.2) is 50.0 Å². The predicted octanol–water partition coefficient (Wildman–Crippen LogP) is 6.24. The minimum atomic E-state index is -0.710. The smallest absolute Gasteiger partial charge is 0.342 e. The number of carbonyl (C=O) groups is 5. The molecule has 0 aliphatic heterocycles. The molecule has 0 aliphatic carbocycles. The summed E-state index contributed by atoms with van der Waals surface area (Å²) in [6.45, 7) is 8.31. The summed E-state index contributed by atoms with van der Waals surface area (Å²) < 4.78 is 36.6. The fourth-order valence-corrected chi connectivity index (χ4v) is 4.20. The van der Waals surface area contributed by atoms with Crippen LogP contribution in [0.1, 0.15) is 60.5 Å². The quantitative estimate of drug-likeness (QED) is 0.0311. The Balaban J connectivity index is 1.56. The van der Waals surface area contributed by atoms with E-state index in [2.05, 4.69) is 13.2 Å². The van der Waals surface area contributed by atoms with Gasteiger partial charge in [-0.1, -0.05) is 57.2 Å². The van der Waals surface area contributed by atoms with Crippen LogP contribution in [0.2, 0.25) is 0 Å². The van der Waals surface area contributed by atoms with Gasteiger partial charge in [0.05, 0.1) is 6.61 Å². The van der Waals surface area contributed by atoms with Crippen molar-refractivity contribution < 1.29 is 57.1 Å². The third-order valence-electron chi connectivity index (χ3n) is 6.88. The van der Waals surface area contributed by atoms with Gasteiger partial charge < -0.3 is 33.2 Å². The maximum absolute atomic E-state index is 13.0. The Morgan fingerprint density at radius 1 is 0.620 bits per heavy atom. The number of hydrogen-bond donors (Lipinski definition) is 0. The molecule has 0 saturated heterocycles. The maximum atomic E-state index is 13.0. The van der Waals surface area contributed by atoms with E-state index in [1.54, 1.807) is 48.5 Å². The van der Waals surface area contributed by atoms with E-state index in [1.807, 2.05) is 6.92 Å². The van der Waals surface area contributed by atoms with Gasteiger partial charge in [-0.2, -0.15) is 0 Å². The summed E-state index contributed by atoms with van der Waals surface area (Å²) in [4.78, 5) is 60.7. The lowest BCUT2D eigenvalue weighted by molar-refractivity contribution is -0.145. The molecule has 0 aliphatic rings. The van der Waals surface area contributed by atoms with Crippen molar-refractivity contribution in [2.45, 2.75) is 51.9 Å². The van der Waals surface area contributed by atoms with E-state index in [9.17, 15) is 24.0 Å². The number of carbonyl (C=O) groups excluding carboxylic acids is 5. The standard InChI is InChI=1S/C38H40O12/c1-4-7-8-23-44-38(43)32-24-31(49-36(41)21-13-27-9-15-29(16-10-27)45-25-47-34(39)5-2)19-20-33(32)50-37(42)22-14-28-11-17-30(18-12-28)46-26-48-35(40)6-3/h5-6,9-12,15-20,24H,2-4,7-8,13-14,21-23,25-26H2,1H3. The predicted molar refractivity (Wildman–Crippen MR) is 181 cm³/mol. The van der Waals surface area contributed by atoms with Gasteiger partial charge in [0, 0.05) is 25.0 Å². The fraction of sp³-hybridized carbons (Fsp3) is 0.289. The second-order valence-corrected chi connectivity index (χ2v) is 10.6. The van der Waals surface area contributed by atoms with Gasteiger partial charge in [0.25, 0.3) is 0 Å². The summed E-state index contributed by atoms with van der Waals surface area (Å²) >= 11 is 0. The Morgan fingerprint density at radius 3 is 1.62 bits per heavy atom. The Labute approximate surface area is 290 Å². The zero-order valence-electron chi connectivity index (χ0n) is 27.9. The van der Waals surface area contributed by atoms with E-state index >= 15 is 0 Å². The molecular formula is C38H40O12. The van der Waals surface area contributed by atoms with Crippen LogP contribution in [0.25, 0.3) is 0 Å². The summed E-state index contributed by atoms with van der Waals surface area (Å²) in [7, 11) is 0. The second-order valence-electron chi connectivity index (χ2n) is 10.6. The Bertz CT molecular complexity index is 1610. The second kappa shape index (κ2) is 21.1. The van der Waals surface area contributed by atoms with Gasteiger partial charge in [0.15, 0.2) is 0 Å². The largest absolute Gasteiger partial charge is 0.462 e. The number of unbranched alkanes of at least 4 members (excludes halogenated alkanes) is 2. The van der Waals surface area contributed by atoms with Gasteiger partial charge in [-0.15, -0.1) is 0 Å². The van der Waals surface area contributed by atoms with Crippen LogP contribution in [0.5, 0.6) is 23.0 Å². The number of aryl methyl sites for hydroxylation is 2. The maximum Gasteiger partial charge on any atom is 0.342 e. The molecule has 0 bridgehead atoms. The van der Waals surface area contributed by atoms with Crippen molar-refractivity contribution in [3.05, 3.63) is 109 Å². The molecule has 0 N–H and O–H groups in total. The van der Waals surface area contributed by atoms with Gasteiger partial charge >= 0.3 is 29.8 Å². The van der Waals surface area contributed by atoms with Gasteiger partial charge in [0.2, 0.25) is 13.6 Å². The average molecular weight is 689 g/mol. The lowest BCUT2D eigenvalue weighted by Gasteiger charge is -2.13.